The van der Waals surface area contributed by atoms with Crippen molar-refractivity contribution in [2.75, 3.05) is 5.32 Å². The maximum absolute atomic E-state index is 12.3. The standard InChI is InChI=1S/C17H26N2O/c1-13-9-7-8-12-16(13)18-14(2)17(20)19-15-10-5-3-4-6-11-15/h7-9,12,14-15,18H,3-6,10-11H2,1-2H3,(H,19,20). The van der Waals surface area contributed by atoms with Gasteiger partial charge in [-0.2, -0.15) is 0 Å². The molecule has 0 heterocycles. The fourth-order valence-electron chi connectivity index (χ4n) is 2.78. The van der Waals surface area contributed by atoms with Gasteiger partial charge in [-0.25, -0.2) is 0 Å². The molecule has 1 aliphatic carbocycles. The van der Waals surface area contributed by atoms with Gasteiger partial charge in [0.1, 0.15) is 6.04 Å². The van der Waals surface area contributed by atoms with E-state index >= 15 is 0 Å². The number of amides is 1. The van der Waals surface area contributed by atoms with Gasteiger partial charge in [0.15, 0.2) is 0 Å². The van der Waals surface area contributed by atoms with E-state index in [4.69, 9.17) is 0 Å². The first-order valence-electron chi connectivity index (χ1n) is 7.79. The second-order valence-corrected chi connectivity index (χ2v) is 5.88. The summed E-state index contributed by atoms with van der Waals surface area (Å²) in [5, 5.41) is 6.50. The second-order valence-electron chi connectivity index (χ2n) is 5.88. The maximum Gasteiger partial charge on any atom is 0.242 e. The Hall–Kier alpha value is -1.51. The fourth-order valence-corrected chi connectivity index (χ4v) is 2.78. The maximum atomic E-state index is 12.3. The monoisotopic (exact) mass is 274 g/mol. The summed E-state index contributed by atoms with van der Waals surface area (Å²) < 4.78 is 0. The van der Waals surface area contributed by atoms with Crippen LogP contribution in [0.15, 0.2) is 24.3 Å². The number of aryl methyl sites for hydroxylation is 1. The Morgan fingerprint density at radius 3 is 2.45 bits per heavy atom. The molecular formula is C17H26N2O. The van der Waals surface area contributed by atoms with Crippen LogP contribution in [0.5, 0.6) is 0 Å². The highest BCUT2D eigenvalue weighted by molar-refractivity contribution is 5.84. The molecule has 3 nitrogen and oxygen atoms in total. The number of rotatable bonds is 4. The molecule has 20 heavy (non-hydrogen) atoms. The minimum atomic E-state index is -0.195. The van der Waals surface area contributed by atoms with Crippen molar-refractivity contribution in [3.63, 3.8) is 0 Å². The van der Waals surface area contributed by atoms with Crippen molar-refractivity contribution in [3.05, 3.63) is 29.8 Å². The van der Waals surface area contributed by atoms with E-state index in [-0.39, 0.29) is 11.9 Å². The normalized spacial score (nSPS) is 18.1. The largest absolute Gasteiger partial charge is 0.374 e. The highest BCUT2D eigenvalue weighted by Crippen LogP contribution is 2.18. The van der Waals surface area contributed by atoms with Crippen LogP contribution >= 0.6 is 0 Å². The van der Waals surface area contributed by atoms with E-state index in [1.807, 2.05) is 25.1 Å². The first kappa shape index (κ1) is 14.9. The van der Waals surface area contributed by atoms with E-state index in [0.717, 1.165) is 18.5 Å². The van der Waals surface area contributed by atoms with E-state index < -0.39 is 0 Å². The number of nitrogens with one attached hydrogen (secondary N) is 2. The van der Waals surface area contributed by atoms with Crippen LogP contribution in [0.3, 0.4) is 0 Å². The molecule has 3 heteroatoms. The van der Waals surface area contributed by atoms with Crippen molar-refractivity contribution in [2.45, 2.75) is 64.5 Å². The number of carbonyl (C=O) groups is 1. The fraction of sp³-hybridized carbons (Fsp3) is 0.588. The van der Waals surface area contributed by atoms with Crippen molar-refractivity contribution in [1.82, 2.24) is 5.32 Å². The zero-order valence-electron chi connectivity index (χ0n) is 12.6. The molecule has 1 atom stereocenters. The summed E-state index contributed by atoms with van der Waals surface area (Å²) >= 11 is 0. The number of benzene rings is 1. The molecule has 1 aromatic carbocycles. The van der Waals surface area contributed by atoms with Gasteiger partial charge in [0.25, 0.3) is 0 Å². The quantitative estimate of drug-likeness (QED) is 0.823. The van der Waals surface area contributed by atoms with E-state index in [0.29, 0.717) is 6.04 Å². The van der Waals surface area contributed by atoms with Gasteiger partial charge in [-0.1, -0.05) is 43.9 Å². The first-order chi connectivity index (χ1) is 9.66. The average Bonchev–Trinajstić information content (AvgIpc) is 2.70. The highest BCUT2D eigenvalue weighted by atomic mass is 16.2. The van der Waals surface area contributed by atoms with E-state index in [1.54, 1.807) is 0 Å². The molecule has 0 aromatic heterocycles. The molecule has 0 spiro atoms. The summed E-state index contributed by atoms with van der Waals surface area (Å²) in [7, 11) is 0. The van der Waals surface area contributed by atoms with Gasteiger partial charge in [-0.05, 0) is 38.3 Å². The minimum Gasteiger partial charge on any atom is -0.374 e. The summed E-state index contributed by atoms with van der Waals surface area (Å²) in [5.41, 5.74) is 2.21. The van der Waals surface area contributed by atoms with Crippen LogP contribution in [-0.4, -0.2) is 18.0 Å². The zero-order valence-corrected chi connectivity index (χ0v) is 12.6. The Kier molecular flexibility index (Phi) is 5.45. The number of anilines is 1. The van der Waals surface area contributed by atoms with Gasteiger partial charge in [0, 0.05) is 11.7 Å². The number of hydrogen-bond acceptors (Lipinski definition) is 2. The molecule has 110 valence electrons. The van der Waals surface area contributed by atoms with Crippen molar-refractivity contribution in [3.8, 4) is 0 Å². The lowest BCUT2D eigenvalue weighted by Crippen LogP contribution is -2.43. The summed E-state index contributed by atoms with van der Waals surface area (Å²) in [5.74, 6) is 0.111. The number of carbonyl (C=O) groups excluding carboxylic acids is 1. The number of para-hydroxylation sites is 1. The van der Waals surface area contributed by atoms with Gasteiger partial charge in [-0.3, -0.25) is 4.79 Å². The molecule has 0 radical (unpaired) electrons. The van der Waals surface area contributed by atoms with Gasteiger partial charge in [0.05, 0.1) is 0 Å². The molecule has 0 aliphatic heterocycles. The van der Waals surface area contributed by atoms with Crippen LogP contribution in [0, 0.1) is 6.92 Å². The Bertz CT molecular complexity index is 436. The minimum absolute atomic E-state index is 0.111. The Labute approximate surface area is 122 Å². The molecule has 1 saturated carbocycles. The van der Waals surface area contributed by atoms with Gasteiger partial charge in [0.2, 0.25) is 5.91 Å². The Balaban J connectivity index is 1.87. The van der Waals surface area contributed by atoms with Gasteiger partial charge < -0.3 is 10.6 Å². The summed E-state index contributed by atoms with van der Waals surface area (Å²) in [4.78, 5) is 12.3. The van der Waals surface area contributed by atoms with Crippen LogP contribution in [0.2, 0.25) is 0 Å². The molecule has 0 bridgehead atoms. The first-order valence-corrected chi connectivity index (χ1v) is 7.79. The predicted molar refractivity (Wildman–Crippen MR) is 83.9 cm³/mol. The summed E-state index contributed by atoms with van der Waals surface area (Å²) in [6.07, 6.45) is 7.35. The molecule has 2 rings (SSSR count). The summed E-state index contributed by atoms with van der Waals surface area (Å²) in [6.45, 7) is 3.98. The molecule has 1 aliphatic rings. The van der Waals surface area contributed by atoms with E-state index in [9.17, 15) is 4.79 Å². The van der Waals surface area contributed by atoms with Crippen LogP contribution in [-0.2, 0) is 4.79 Å². The van der Waals surface area contributed by atoms with Crippen LogP contribution in [0.25, 0.3) is 0 Å². The van der Waals surface area contributed by atoms with Gasteiger partial charge >= 0.3 is 0 Å². The molecule has 1 amide bonds. The lowest BCUT2D eigenvalue weighted by atomic mass is 10.1. The van der Waals surface area contributed by atoms with Crippen LogP contribution in [0.1, 0.15) is 51.0 Å². The van der Waals surface area contributed by atoms with Crippen LogP contribution in [0.4, 0.5) is 5.69 Å². The van der Waals surface area contributed by atoms with Crippen molar-refractivity contribution < 1.29 is 4.79 Å². The second kappa shape index (κ2) is 7.32. The molecular weight excluding hydrogens is 248 g/mol. The lowest BCUT2D eigenvalue weighted by molar-refractivity contribution is -0.122. The third-order valence-corrected chi connectivity index (χ3v) is 4.11. The molecule has 2 N–H and O–H groups in total. The Morgan fingerprint density at radius 2 is 1.80 bits per heavy atom. The van der Waals surface area contributed by atoms with E-state index in [1.165, 1.54) is 31.2 Å². The SMILES string of the molecule is Cc1ccccc1NC(C)C(=O)NC1CCCCCC1. The van der Waals surface area contributed by atoms with Crippen LogP contribution < -0.4 is 10.6 Å². The van der Waals surface area contributed by atoms with Crippen molar-refractivity contribution >= 4 is 11.6 Å². The topological polar surface area (TPSA) is 41.1 Å². The third kappa shape index (κ3) is 4.26. The van der Waals surface area contributed by atoms with Crippen molar-refractivity contribution in [1.29, 1.82) is 0 Å². The molecule has 1 aromatic rings. The Morgan fingerprint density at radius 1 is 1.15 bits per heavy atom. The highest BCUT2D eigenvalue weighted by Gasteiger charge is 2.19. The van der Waals surface area contributed by atoms with E-state index in [2.05, 4.69) is 23.6 Å². The summed E-state index contributed by atoms with van der Waals surface area (Å²) in [6, 6.07) is 8.25. The smallest absolute Gasteiger partial charge is 0.242 e. The molecule has 1 fully saturated rings. The van der Waals surface area contributed by atoms with Crippen molar-refractivity contribution in [2.24, 2.45) is 0 Å². The predicted octanol–water partition coefficient (Wildman–Crippen LogP) is 3.63. The molecule has 1 unspecified atom stereocenters. The lowest BCUT2D eigenvalue weighted by Gasteiger charge is -2.21. The third-order valence-electron chi connectivity index (χ3n) is 4.11. The molecule has 0 saturated heterocycles. The average molecular weight is 274 g/mol. The number of hydrogen-bond donors (Lipinski definition) is 2. The van der Waals surface area contributed by atoms with Gasteiger partial charge in [-0.15, -0.1) is 0 Å². The zero-order chi connectivity index (χ0) is 14.4.